The molecule has 0 aliphatic carbocycles. The Morgan fingerprint density at radius 3 is 2.76 bits per heavy atom. The van der Waals surface area contributed by atoms with E-state index in [1.165, 1.54) is 0 Å². The van der Waals surface area contributed by atoms with Gasteiger partial charge in [0.2, 0.25) is 0 Å². The zero-order valence-corrected chi connectivity index (χ0v) is 12.4. The number of hydrogen-bond donors (Lipinski definition) is 1. The van der Waals surface area contributed by atoms with Crippen molar-refractivity contribution in [1.29, 1.82) is 0 Å². The number of nitrogens with two attached hydrogens (primary N) is 1. The summed E-state index contributed by atoms with van der Waals surface area (Å²) in [5.41, 5.74) is 7.18. The summed E-state index contributed by atoms with van der Waals surface area (Å²) in [4.78, 5) is 12.4. The molecule has 1 aromatic heterocycles. The van der Waals surface area contributed by atoms with Gasteiger partial charge in [-0.15, -0.1) is 0 Å². The van der Waals surface area contributed by atoms with Gasteiger partial charge in [0.15, 0.2) is 0 Å². The van der Waals surface area contributed by atoms with Crippen molar-refractivity contribution < 1.29 is 9.47 Å². The van der Waals surface area contributed by atoms with E-state index in [9.17, 15) is 4.79 Å². The van der Waals surface area contributed by atoms with Crippen LogP contribution in [0, 0.1) is 0 Å². The van der Waals surface area contributed by atoms with Crippen molar-refractivity contribution in [2.45, 2.75) is 19.5 Å². The Bertz CT molecular complexity index is 637. The zero-order chi connectivity index (χ0) is 15.1. The molecule has 5 heteroatoms. The van der Waals surface area contributed by atoms with Crippen molar-refractivity contribution in [2.24, 2.45) is 5.73 Å². The minimum Gasteiger partial charge on any atom is -0.385 e. The fourth-order valence-corrected chi connectivity index (χ4v) is 2.32. The molecule has 2 N–H and O–H groups in total. The van der Waals surface area contributed by atoms with Crippen molar-refractivity contribution in [3.05, 3.63) is 46.2 Å². The van der Waals surface area contributed by atoms with E-state index in [1.807, 2.05) is 30.3 Å². The van der Waals surface area contributed by atoms with Crippen LogP contribution in [-0.2, 0) is 22.6 Å². The third kappa shape index (κ3) is 3.91. The van der Waals surface area contributed by atoms with Crippen LogP contribution in [0.3, 0.4) is 0 Å². The van der Waals surface area contributed by atoms with Crippen molar-refractivity contribution in [1.82, 2.24) is 4.57 Å². The van der Waals surface area contributed by atoms with Crippen LogP contribution < -0.4 is 11.3 Å². The average Bonchev–Trinajstić information content (AvgIpc) is 2.52. The fraction of sp³-hybridized carbons (Fsp3) is 0.438. The Hall–Kier alpha value is -1.69. The van der Waals surface area contributed by atoms with Gasteiger partial charge in [0.1, 0.15) is 0 Å². The highest BCUT2D eigenvalue weighted by molar-refractivity contribution is 5.79. The van der Waals surface area contributed by atoms with Crippen LogP contribution in [0.5, 0.6) is 0 Å². The van der Waals surface area contributed by atoms with Gasteiger partial charge in [0, 0.05) is 39.0 Å². The molecule has 5 nitrogen and oxygen atoms in total. The lowest BCUT2D eigenvalue weighted by Gasteiger charge is -2.12. The Labute approximate surface area is 124 Å². The highest BCUT2D eigenvalue weighted by atomic mass is 16.5. The Morgan fingerprint density at radius 2 is 2.00 bits per heavy atom. The van der Waals surface area contributed by atoms with E-state index in [4.69, 9.17) is 15.2 Å². The molecule has 114 valence electrons. The number of pyridine rings is 1. The average molecular weight is 290 g/mol. The van der Waals surface area contributed by atoms with Gasteiger partial charge in [0.25, 0.3) is 5.56 Å². The minimum atomic E-state index is -0.0308. The van der Waals surface area contributed by atoms with E-state index in [-0.39, 0.29) is 12.1 Å². The Morgan fingerprint density at radius 1 is 1.19 bits per heavy atom. The summed E-state index contributed by atoms with van der Waals surface area (Å²) in [6, 6.07) is 9.69. The highest BCUT2D eigenvalue weighted by Crippen LogP contribution is 2.13. The number of para-hydroxylation sites is 1. The predicted molar refractivity (Wildman–Crippen MR) is 83.4 cm³/mol. The van der Waals surface area contributed by atoms with Gasteiger partial charge in [0.05, 0.1) is 12.1 Å². The van der Waals surface area contributed by atoms with Crippen molar-refractivity contribution in [3.8, 4) is 0 Å². The van der Waals surface area contributed by atoms with Crippen LogP contribution in [0.1, 0.15) is 12.0 Å². The van der Waals surface area contributed by atoms with Gasteiger partial charge in [-0.25, -0.2) is 0 Å². The van der Waals surface area contributed by atoms with E-state index in [0.29, 0.717) is 31.9 Å². The molecule has 0 saturated heterocycles. The summed E-state index contributed by atoms with van der Waals surface area (Å²) in [5, 5.41) is 1.02. The molecule has 1 aromatic carbocycles. The number of nitrogens with zero attached hydrogens (tertiary/aromatic N) is 1. The third-order valence-electron chi connectivity index (χ3n) is 3.39. The summed E-state index contributed by atoms with van der Waals surface area (Å²) in [6.45, 7) is 2.60. The number of aromatic nitrogens is 1. The zero-order valence-electron chi connectivity index (χ0n) is 12.4. The third-order valence-corrected chi connectivity index (χ3v) is 3.39. The monoisotopic (exact) mass is 290 g/mol. The van der Waals surface area contributed by atoms with Gasteiger partial charge in [-0.2, -0.15) is 0 Å². The molecular weight excluding hydrogens is 268 g/mol. The number of benzene rings is 1. The molecule has 1 heterocycles. The number of ether oxygens (including phenoxy) is 2. The Balaban J connectivity index is 2.14. The molecule has 0 amide bonds. The van der Waals surface area contributed by atoms with Crippen LogP contribution in [0.15, 0.2) is 35.1 Å². The summed E-state index contributed by atoms with van der Waals surface area (Å²) >= 11 is 0. The lowest BCUT2D eigenvalue weighted by molar-refractivity contribution is 0.0977. The van der Waals surface area contributed by atoms with Crippen molar-refractivity contribution in [3.63, 3.8) is 0 Å². The first-order valence-electron chi connectivity index (χ1n) is 7.16. The van der Waals surface area contributed by atoms with E-state index in [2.05, 4.69) is 0 Å². The van der Waals surface area contributed by atoms with E-state index >= 15 is 0 Å². The van der Waals surface area contributed by atoms with E-state index < -0.39 is 0 Å². The molecular formula is C16H22N2O3. The van der Waals surface area contributed by atoms with Gasteiger partial charge in [-0.3, -0.25) is 4.79 Å². The molecule has 0 saturated carbocycles. The maximum atomic E-state index is 12.4. The fourth-order valence-electron chi connectivity index (χ4n) is 2.32. The summed E-state index contributed by atoms with van der Waals surface area (Å²) in [7, 11) is 1.67. The van der Waals surface area contributed by atoms with Crippen LogP contribution >= 0.6 is 0 Å². The van der Waals surface area contributed by atoms with Crippen molar-refractivity contribution in [2.75, 3.05) is 26.9 Å². The first-order valence-corrected chi connectivity index (χ1v) is 7.16. The first kappa shape index (κ1) is 15.7. The summed E-state index contributed by atoms with van der Waals surface area (Å²) < 4.78 is 12.3. The normalized spacial score (nSPS) is 11.1. The second-order valence-corrected chi connectivity index (χ2v) is 4.85. The lowest BCUT2D eigenvalue weighted by Crippen LogP contribution is -2.27. The number of rotatable bonds is 8. The number of hydrogen-bond acceptors (Lipinski definition) is 4. The molecule has 2 aromatic rings. The molecule has 0 aliphatic rings. The maximum absolute atomic E-state index is 12.4. The maximum Gasteiger partial charge on any atom is 0.255 e. The molecule has 21 heavy (non-hydrogen) atoms. The molecule has 0 spiro atoms. The highest BCUT2D eigenvalue weighted by Gasteiger charge is 2.07. The molecule has 0 radical (unpaired) electrons. The van der Waals surface area contributed by atoms with Gasteiger partial charge in [-0.1, -0.05) is 18.2 Å². The van der Waals surface area contributed by atoms with E-state index in [0.717, 1.165) is 17.3 Å². The first-order chi connectivity index (χ1) is 10.3. The van der Waals surface area contributed by atoms with Crippen LogP contribution in [0.25, 0.3) is 10.9 Å². The standard InChI is InChI=1S/C16H22N2O3/c1-20-8-4-9-21-10-7-18-15-6-3-2-5-13(15)11-14(12-17)16(18)19/h2-3,5-6,11H,4,7-10,12,17H2,1H3. The molecule has 0 unspecified atom stereocenters. The van der Waals surface area contributed by atoms with Gasteiger partial charge in [-0.05, 0) is 23.9 Å². The summed E-state index contributed by atoms with van der Waals surface area (Å²) in [6.07, 6.45) is 0.856. The van der Waals surface area contributed by atoms with Crippen LogP contribution in [0.2, 0.25) is 0 Å². The molecule has 0 bridgehead atoms. The number of fused-ring (bicyclic) bond motifs is 1. The lowest BCUT2D eigenvalue weighted by atomic mass is 10.1. The topological polar surface area (TPSA) is 66.5 Å². The predicted octanol–water partition coefficient (Wildman–Crippen LogP) is 1.51. The summed E-state index contributed by atoms with van der Waals surface area (Å²) in [5.74, 6) is 0. The smallest absolute Gasteiger partial charge is 0.255 e. The van der Waals surface area contributed by atoms with Crippen LogP contribution in [-0.4, -0.2) is 31.5 Å². The minimum absolute atomic E-state index is 0.0308. The number of methoxy groups -OCH3 is 1. The molecule has 0 fully saturated rings. The second-order valence-electron chi connectivity index (χ2n) is 4.85. The SMILES string of the molecule is COCCCOCCn1c(=O)c(CN)cc2ccccc21. The Kier molecular flexibility index (Phi) is 5.92. The largest absolute Gasteiger partial charge is 0.385 e. The molecule has 0 atom stereocenters. The van der Waals surface area contributed by atoms with Gasteiger partial charge >= 0.3 is 0 Å². The molecule has 2 rings (SSSR count). The van der Waals surface area contributed by atoms with Crippen LogP contribution in [0.4, 0.5) is 0 Å². The second kappa shape index (κ2) is 7.93. The molecule has 0 aliphatic heterocycles. The van der Waals surface area contributed by atoms with Crippen molar-refractivity contribution >= 4 is 10.9 Å². The quantitative estimate of drug-likeness (QED) is 0.748. The van der Waals surface area contributed by atoms with Gasteiger partial charge < -0.3 is 19.8 Å². The van der Waals surface area contributed by atoms with E-state index in [1.54, 1.807) is 11.7 Å².